The quantitative estimate of drug-likeness (QED) is 0.305. The molecular formula is C31H54N4O5. The number of likely N-dealkylation sites (tertiary alicyclic amines) is 2. The molecule has 2 aliphatic rings. The summed E-state index contributed by atoms with van der Waals surface area (Å²) in [5.41, 5.74) is 0.544. The normalized spacial score (nSPS) is 22.3. The van der Waals surface area contributed by atoms with Crippen molar-refractivity contribution in [3.63, 3.8) is 0 Å². The molecule has 2 unspecified atom stereocenters. The zero-order valence-corrected chi connectivity index (χ0v) is 26.4. The number of esters is 1. The van der Waals surface area contributed by atoms with Gasteiger partial charge >= 0.3 is 5.97 Å². The number of likely N-dealkylation sites (N-methyl/N-ethyl adjacent to an activating group) is 1. The third-order valence-corrected chi connectivity index (χ3v) is 8.31. The van der Waals surface area contributed by atoms with Gasteiger partial charge in [-0.2, -0.15) is 0 Å². The third-order valence-electron chi connectivity index (χ3n) is 8.31. The van der Waals surface area contributed by atoms with Gasteiger partial charge in [-0.05, 0) is 71.8 Å². The van der Waals surface area contributed by atoms with Crippen molar-refractivity contribution in [2.24, 2.45) is 17.8 Å². The Bertz CT molecular complexity index is 915. The molecule has 1 N–H and O–H groups in total. The first kappa shape index (κ1) is 33.8. The van der Waals surface area contributed by atoms with Crippen LogP contribution in [-0.2, 0) is 23.9 Å². The first-order valence-corrected chi connectivity index (χ1v) is 15.3. The highest BCUT2D eigenvalue weighted by atomic mass is 16.5. The van der Waals surface area contributed by atoms with Crippen molar-refractivity contribution >= 4 is 23.7 Å². The zero-order chi connectivity index (χ0) is 30.1. The van der Waals surface area contributed by atoms with E-state index in [-0.39, 0.29) is 59.6 Å². The van der Waals surface area contributed by atoms with Crippen molar-refractivity contribution in [1.29, 1.82) is 0 Å². The lowest BCUT2D eigenvalue weighted by Crippen LogP contribution is -2.58. The molecular weight excluding hydrogens is 508 g/mol. The molecule has 3 amide bonds. The summed E-state index contributed by atoms with van der Waals surface area (Å²) in [4.78, 5) is 58.5. The van der Waals surface area contributed by atoms with Gasteiger partial charge in [-0.3, -0.25) is 24.1 Å². The minimum absolute atomic E-state index is 0.0450. The summed E-state index contributed by atoms with van der Waals surface area (Å²) < 4.78 is 5.18. The summed E-state index contributed by atoms with van der Waals surface area (Å²) >= 11 is 0. The Balaban J connectivity index is 2.17. The summed E-state index contributed by atoms with van der Waals surface area (Å²) in [7, 11) is 1.75. The molecule has 2 heterocycles. The molecule has 0 spiro atoms. The molecule has 2 saturated heterocycles. The van der Waals surface area contributed by atoms with Crippen LogP contribution >= 0.6 is 0 Å². The summed E-state index contributed by atoms with van der Waals surface area (Å²) in [6.45, 7) is 17.9. The van der Waals surface area contributed by atoms with E-state index in [1.165, 1.54) is 0 Å². The second-order valence-corrected chi connectivity index (χ2v) is 12.4. The molecule has 0 aromatic carbocycles. The second kappa shape index (κ2) is 15.5. The molecule has 9 nitrogen and oxygen atoms in total. The average Bonchev–Trinajstić information content (AvgIpc) is 2.92. The predicted molar refractivity (Wildman–Crippen MR) is 157 cm³/mol. The van der Waals surface area contributed by atoms with Crippen molar-refractivity contribution in [3.8, 4) is 0 Å². The van der Waals surface area contributed by atoms with Crippen LogP contribution in [0, 0.1) is 17.8 Å². The van der Waals surface area contributed by atoms with Crippen LogP contribution in [0.1, 0.15) is 87.5 Å². The van der Waals surface area contributed by atoms with Crippen molar-refractivity contribution in [1.82, 2.24) is 20.0 Å². The number of amides is 3. The summed E-state index contributed by atoms with van der Waals surface area (Å²) in [5.74, 6) is -0.976. The minimum Gasteiger partial charge on any atom is -0.466 e. The van der Waals surface area contributed by atoms with Crippen LogP contribution in [0.25, 0.3) is 0 Å². The Morgan fingerprint density at radius 3 is 2.23 bits per heavy atom. The highest BCUT2D eigenvalue weighted by Crippen LogP contribution is 2.23. The van der Waals surface area contributed by atoms with Gasteiger partial charge in [-0.25, -0.2) is 0 Å². The number of hydrogen-bond donors (Lipinski definition) is 1. The fourth-order valence-electron chi connectivity index (χ4n) is 5.93. The Hall–Kier alpha value is -2.42. The minimum atomic E-state index is -0.661. The van der Waals surface area contributed by atoms with Crippen LogP contribution in [0.4, 0.5) is 0 Å². The van der Waals surface area contributed by atoms with E-state index < -0.39 is 6.04 Å². The van der Waals surface area contributed by atoms with Crippen molar-refractivity contribution in [2.45, 2.75) is 112 Å². The molecule has 0 saturated carbocycles. The first-order valence-electron chi connectivity index (χ1n) is 15.3. The van der Waals surface area contributed by atoms with Crippen LogP contribution < -0.4 is 5.32 Å². The Morgan fingerprint density at radius 1 is 0.975 bits per heavy atom. The van der Waals surface area contributed by atoms with Gasteiger partial charge in [0.15, 0.2) is 0 Å². The van der Waals surface area contributed by atoms with Gasteiger partial charge in [-0.1, -0.05) is 40.2 Å². The van der Waals surface area contributed by atoms with Gasteiger partial charge in [0.05, 0.1) is 24.6 Å². The van der Waals surface area contributed by atoms with Crippen LogP contribution in [0.2, 0.25) is 0 Å². The average molecular weight is 563 g/mol. The van der Waals surface area contributed by atoms with Crippen molar-refractivity contribution < 1.29 is 23.9 Å². The number of ether oxygens (including phenoxy) is 1. The van der Waals surface area contributed by atoms with Crippen molar-refractivity contribution in [2.75, 3.05) is 33.3 Å². The summed E-state index contributed by atoms with van der Waals surface area (Å²) in [6.07, 6.45) is 6.21. The van der Waals surface area contributed by atoms with E-state index in [2.05, 4.69) is 24.1 Å². The Morgan fingerprint density at radius 2 is 1.65 bits per heavy atom. The molecule has 2 rings (SSSR count). The zero-order valence-electron chi connectivity index (χ0n) is 26.4. The molecule has 2 aliphatic heterocycles. The SMILES string of the molecule is CCOC(=O)C1CCCN(C(=O)/C(C)=C/[C@H](C(C)C)N(C)C(=O)C(NC(=O)[C@H]2CCCCN2C(C)C)C(C)C)C1. The van der Waals surface area contributed by atoms with Crippen LogP contribution in [-0.4, -0.2) is 95.8 Å². The molecule has 0 radical (unpaired) electrons. The Kier molecular flexibility index (Phi) is 13.1. The van der Waals surface area contributed by atoms with E-state index in [1.807, 2.05) is 33.8 Å². The Labute approximate surface area is 242 Å². The maximum Gasteiger partial charge on any atom is 0.310 e. The molecule has 9 heteroatoms. The van der Waals surface area contributed by atoms with Crippen LogP contribution in [0.15, 0.2) is 11.6 Å². The molecule has 0 aromatic rings. The number of hydrogen-bond acceptors (Lipinski definition) is 6. The molecule has 0 aliphatic carbocycles. The van der Waals surface area contributed by atoms with E-state index in [0.717, 1.165) is 38.6 Å². The highest BCUT2D eigenvalue weighted by molar-refractivity contribution is 5.94. The second-order valence-electron chi connectivity index (χ2n) is 12.4. The van der Waals surface area contributed by atoms with Gasteiger partial charge in [0.1, 0.15) is 6.04 Å². The van der Waals surface area contributed by atoms with Gasteiger partial charge in [-0.15, -0.1) is 0 Å². The first-order chi connectivity index (χ1) is 18.8. The maximum atomic E-state index is 13.8. The van der Waals surface area contributed by atoms with Gasteiger partial charge in [0, 0.05) is 31.8 Å². The number of nitrogens with zero attached hydrogens (tertiary/aromatic N) is 3. The lowest BCUT2D eigenvalue weighted by Gasteiger charge is -2.39. The molecule has 2 fully saturated rings. The predicted octanol–water partition coefficient (Wildman–Crippen LogP) is 3.62. The number of piperidine rings is 2. The molecule has 40 heavy (non-hydrogen) atoms. The molecule has 0 aromatic heterocycles. The third kappa shape index (κ3) is 8.79. The van der Waals surface area contributed by atoms with E-state index in [1.54, 1.807) is 30.7 Å². The fourth-order valence-corrected chi connectivity index (χ4v) is 5.93. The van der Waals surface area contributed by atoms with Gasteiger partial charge in [0.25, 0.3) is 0 Å². The number of rotatable bonds is 11. The van der Waals surface area contributed by atoms with E-state index in [9.17, 15) is 19.2 Å². The van der Waals surface area contributed by atoms with Crippen molar-refractivity contribution in [3.05, 3.63) is 11.6 Å². The number of carbonyl (C=O) groups excluding carboxylic acids is 4. The van der Waals surface area contributed by atoms with E-state index >= 15 is 0 Å². The van der Waals surface area contributed by atoms with E-state index in [4.69, 9.17) is 4.74 Å². The molecule has 228 valence electrons. The lowest BCUT2D eigenvalue weighted by molar-refractivity contribution is -0.151. The van der Waals surface area contributed by atoms with Crippen LogP contribution in [0.5, 0.6) is 0 Å². The standard InChI is InChI=1S/C31H54N4O5/c1-10-40-31(39)24-14-13-16-34(19-24)29(37)23(8)18-26(20(2)3)33(9)30(38)27(21(4)5)32-28(36)25-15-11-12-17-35(25)22(6)7/h18,20-22,24-27H,10-17,19H2,1-9H3,(H,32,36)/b23-18+/t24?,25-,26-,27?/m1/s1. The molecule has 0 bridgehead atoms. The topological polar surface area (TPSA) is 99.3 Å². The highest BCUT2D eigenvalue weighted by Gasteiger charge is 2.36. The number of nitrogens with one attached hydrogen (secondary N) is 1. The van der Waals surface area contributed by atoms with Crippen LogP contribution in [0.3, 0.4) is 0 Å². The lowest BCUT2D eigenvalue weighted by atomic mass is 9.95. The number of carbonyl (C=O) groups is 4. The van der Waals surface area contributed by atoms with E-state index in [0.29, 0.717) is 25.3 Å². The molecule has 4 atom stereocenters. The maximum absolute atomic E-state index is 13.8. The van der Waals surface area contributed by atoms with Gasteiger partial charge < -0.3 is 19.9 Å². The van der Waals surface area contributed by atoms with Gasteiger partial charge in [0.2, 0.25) is 17.7 Å². The largest absolute Gasteiger partial charge is 0.466 e. The summed E-state index contributed by atoms with van der Waals surface area (Å²) in [5, 5.41) is 3.09. The monoisotopic (exact) mass is 562 g/mol. The fraction of sp³-hybridized carbons (Fsp3) is 0.806. The summed E-state index contributed by atoms with van der Waals surface area (Å²) in [6, 6.07) is -0.958. The smallest absolute Gasteiger partial charge is 0.310 e.